The molecule has 5 heteroatoms. The summed E-state index contributed by atoms with van der Waals surface area (Å²) in [7, 11) is 0. The molecule has 1 aromatic heterocycles. The first kappa shape index (κ1) is 16.9. The molecule has 0 radical (unpaired) electrons. The molecule has 2 aliphatic rings. The van der Waals surface area contributed by atoms with E-state index >= 15 is 0 Å². The minimum absolute atomic E-state index is 0.164. The summed E-state index contributed by atoms with van der Waals surface area (Å²) >= 11 is 1.72. The number of hydrogen-bond acceptors (Lipinski definition) is 4. The lowest BCUT2D eigenvalue weighted by Crippen LogP contribution is -2.47. The number of aliphatic imine (C=N–C) groups is 1. The highest BCUT2D eigenvalue weighted by molar-refractivity contribution is 7.09. The predicted molar refractivity (Wildman–Crippen MR) is 101 cm³/mol. The predicted octanol–water partition coefficient (Wildman–Crippen LogP) is 4.91. The van der Waals surface area contributed by atoms with Crippen LogP contribution in [0.4, 0.5) is 10.1 Å². The van der Waals surface area contributed by atoms with Gasteiger partial charge in [0, 0.05) is 29.6 Å². The molecule has 1 saturated heterocycles. The second-order valence-electron chi connectivity index (χ2n) is 7.25. The summed E-state index contributed by atoms with van der Waals surface area (Å²) in [5.41, 5.74) is 4.42. The van der Waals surface area contributed by atoms with Gasteiger partial charge in [-0.1, -0.05) is 13.3 Å². The van der Waals surface area contributed by atoms with E-state index in [1.165, 1.54) is 30.3 Å². The number of aromatic nitrogens is 1. The lowest BCUT2D eigenvalue weighted by Gasteiger charge is -2.39. The van der Waals surface area contributed by atoms with Crippen LogP contribution in [-0.4, -0.2) is 28.2 Å². The van der Waals surface area contributed by atoms with Crippen molar-refractivity contribution < 1.29 is 4.39 Å². The molecule has 2 aromatic rings. The molecule has 2 aliphatic heterocycles. The molecule has 4 rings (SSSR count). The van der Waals surface area contributed by atoms with Gasteiger partial charge in [-0.2, -0.15) is 0 Å². The lowest BCUT2D eigenvalue weighted by atomic mass is 9.84. The van der Waals surface area contributed by atoms with E-state index in [1.54, 1.807) is 17.4 Å². The molecule has 0 amide bonds. The van der Waals surface area contributed by atoms with Crippen molar-refractivity contribution in [2.45, 2.75) is 52.1 Å². The minimum atomic E-state index is -0.164. The standard InChI is InChI=1S/C20H24FN3S/c1-13-9-15-10-16(21)6-7-18(15)23-20(13)19-5-3-4-8-24(19)11-17-12-25-14(2)22-17/h6-7,10,12-13,19H,3-5,8-9,11H2,1-2H3. The van der Waals surface area contributed by atoms with Crippen LogP contribution in [0, 0.1) is 18.7 Å². The van der Waals surface area contributed by atoms with Crippen LogP contribution in [0.2, 0.25) is 0 Å². The smallest absolute Gasteiger partial charge is 0.123 e. The fraction of sp³-hybridized carbons (Fsp3) is 0.500. The molecule has 0 bridgehead atoms. The summed E-state index contributed by atoms with van der Waals surface area (Å²) in [4.78, 5) is 12.2. The van der Waals surface area contributed by atoms with Gasteiger partial charge in [-0.15, -0.1) is 11.3 Å². The van der Waals surface area contributed by atoms with E-state index in [9.17, 15) is 4.39 Å². The molecule has 3 nitrogen and oxygen atoms in total. The Labute approximate surface area is 152 Å². The molecule has 132 valence electrons. The molecular formula is C20H24FN3S. The van der Waals surface area contributed by atoms with Crippen LogP contribution in [0.1, 0.15) is 42.5 Å². The molecule has 1 aromatic carbocycles. The summed E-state index contributed by atoms with van der Waals surface area (Å²) in [5, 5.41) is 3.30. The Bertz CT molecular complexity index is 798. The maximum atomic E-state index is 13.5. The SMILES string of the molecule is Cc1nc(CN2CCCCC2C2=Nc3ccc(F)cc3CC2C)cs1. The van der Waals surface area contributed by atoms with Crippen molar-refractivity contribution in [3.63, 3.8) is 0 Å². The van der Waals surface area contributed by atoms with Crippen LogP contribution in [0.15, 0.2) is 28.6 Å². The van der Waals surface area contributed by atoms with Gasteiger partial charge in [0.1, 0.15) is 5.82 Å². The van der Waals surface area contributed by atoms with Gasteiger partial charge < -0.3 is 0 Å². The number of thiazole rings is 1. The fourth-order valence-corrected chi connectivity index (χ4v) is 4.72. The second kappa shape index (κ2) is 6.96. The van der Waals surface area contributed by atoms with Crippen molar-refractivity contribution in [2.75, 3.05) is 6.54 Å². The van der Waals surface area contributed by atoms with Crippen LogP contribution >= 0.6 is 11.3 Å². The first-order valence-corrected chi connectivity index (χ1v) is 10.00. The number of benzene rings is 1. The lowest BCUT2D eigenvalue weighted by molar-refractivity contribution is 0.178. The third-order valence-corrected chi connectivity index (χ3v) is 6.13. The Hall–Kier alpha value is -1.59. The molecule has 2 unspecified atom stereocenters. The van der Waals surface area contributed by atoms with Gasteiger partial charge in [0.25, 0.3) is 0 Å². The molecular weight excluding hydrogens is 333 g/mol. The molecule has 25 heavy (non-hydrogen) atoms. The molecule has 0 saturated carbocycles. The number of likely N-dealkylation sites (tertiary alicyclic amines) is 1. The zero-order chi connectivity index (χ0) is 17.4. The van der Waals surface area contributed by atoms with Gasteiger partial charge in [0.05, 0.1) is 16.4 Å². The fourth-order valence-electron chi connectivity index (χ4n) is 4.12. The molecule has 1 fully saturated rings. The van der Waals surface area contributed by atoms with E-state index in [1.807, 2.05) is 6.07 Å². The van der Waals surface area contributed by atoms with Crippen LogP contribution in [0.3, 0.4) is 0 Å². The monoisotopic (exact) mass is 357 g/mol. The summed E-state index contributed by atoms with van der Waals surface area (Å²) in [6.45, 7) is 6.29. The number of nitrogens with zero attached hydrogens (tertiary/aromatic N) is 3. The zero-order valence-electron chi connectivity index (χ0n) is 14.8. The van der Waals surface area contributed by atoms with Gasteiger partial charge in [0.2, 0.25) is 0 Å². The van der Waals surface area contributed by atoms with Crippen molar-refractivity contribution in [1.29, 1.82) is 0 Å². The number of fused-ring (bicyclic) bond motifs is 1. The van der Waals surface area contributed by atoms with E-state index < -0.39 is 0 Å². The largest absolute Gasteiger partial charge is 0.289 e. The maximum absolute atomic E-state index is 13.5. The van der Waals surface area contributed by atoms with Gasteiger partial charge in [0.15, 0.2) is 0 Å². The van der Waals surface area contributed by atoms with E-state index in [0.717, 1.165) is 42.2 Å². The topological polar surface area (TPSA) is 28.5 Å². The van der Waals surface area contributed by atoms with Gasteiger partial charge >= 0.3 is 0 Å². The Morgan fingerprint density at radius 1 is 1.32 bits per heavy atom. The van der Waals surface area contributed by atoms with Gasteiger partial charge in [-0.3, -0.25) is 9.89 Å². The summed E-state index contributed by atoms with van der Waals surface area (Å²) in [6, 6.07) is 5.37. The molecule has 3 heterocycles. The number of halogens is 1. The number of rotatable bonds is 3. The quantitative estimate of drug-likeness (QED) is 0.781. The van der Waals surface area contributed by atoms with Crippen molar-refractivity contribution >= 4 is 22.7 Å². The normalized spacial score (nSPS) is 24.0. The highest BCUT2D eigenvalue weighted by atomic mass is 32.1. The maximum Gasteiger partial charge on any atom is 0.123 e. The average molecular weight is 357 g/mol. The van der Waals surface area contributed by atoms with Crippen LogP contribution < -0.4 is 0 Å². The van der Waals surface area contributed by atoms with Crippen molar-refractivity contribution in [3.8, 4) is 0 Å². The number of piperidine rings is 1. The van der Waals surface area contributed by atoms with Crippen LogP contribution in [0.5, 0.6) is 0 Å². The summed E-state index contributed by atoms with van der Waals surface area (Å²) < 4.78 is 13.5. The first-order chi connectivity index (χ1) is 12.1. The molecule has 0 aliphatic carbocycles. The van der Waals surface area contributed by atoms with Crippen molar-refractivity contribution in [3.05, 3.63) is 45.7 Å². The minimum Gasteiger partial charge on any atom is -0.289 e. The zero-order valence-corrected chi connectivity index (χ0v) is 15.7. The van der Waals surface area contributed by atoms with Crippen molar-refractivity contribution in [1.82, 2.24) is 9.88 Å². The second-order valence-corrected chi connectivity index (χ2v) is 8.32. The van der Waals surface area contributed by atoms with Crippen LogP contribution in [0.25, 0.3) is 0 Å². The van der Waals surface area contributed by atoms with E-state index in [4.69, 9.17) is 4.99 Å². The van der Waals surface area contributed by atoms with Crippen LogP contribution in [-0.2, 0) is 13.0 Å². The van der Waals surface area contributed by atoms with E-state index in [0.29, 0.717) is 12.0 Å². The highest BCUT2D eigenvalue weighted by Gasteiger charge is 2.32. The molecule has 0 N–H and O–H groups in total. The van der Waals surface area contributed by atoms with E-state index in [2.05, 4.69) is 29.1 Å². The van der Waals surface area contributed by atoms with E-state index in [-0.39, 0.29) is 5.82 Å². The number of hydrogen-bond donors (Lipinski definition) is 0. The van der Waals surface area contributed by atoms with Gasteiger partial charge in [-0.25, -0.2) is 9.37 Å². The Kier molecular flexibility index (Phi) is 4.69. The highest BCUT2D eigenvalue weighted by Crippen LogP contribution is 2.33. The first-order valence-electron chi connectivity index (χ1n) is 9.12. The Morgan fingerprint density at radius 3 is 3.00 bits per heavy atom. The third kappa shape index (κ3) is 3.53. The van der Waals surface area contributed by atoms with Gasteiger partial charge in [-0.05, 0) is 56.5 Å². The third-order valence-electron chi connectivity index (χ3n) is 5.31. The number of aryl methyl sites for hydroxylation is 1. The summed E-state index contributed by atoms with van der Waals surface area (Å²) in [5.74, 6) is 0.194. The Balaban J connectivity index is 1.62. The molecule has 2 atom stereocenters. The molecule has 0 spiro atoms. The average Bonchev–Trinajstić information content (AvgIpc) is 3.00. The Morgan fingerprint density at radius 2 is 2.20 bits per heavy atom. The van der Waals surface area contributed by atoms with Crippen molar-refractivity contribution in [2.24, 2.45) is 10.9 Å². The summed E-state index contributed by atoms with van der Waals surface area (Å²) in [6.07, 6.45) is 4.53.